The molecular formula is C14H20N6O3. The Hall–Kier alpha value is -2.71. The van der Waals surface area contributed by atoms with Crippen LogP contribution >= 0.6 is 0 Å². The van der Waals surface area contributed by atoms with Crippen LogP contribution in [-0.4, -0.2) is 42.3 Å². The van der Waals surface area contributed by atoms with Gasteiger partial charge in [0, 0.05) is 38.3 Å². The Morgan fingerprint density at radius 3 is 2.65 bits per heavy atom. The van der Waals surface area contributed by atoms with Gasteiger partial charge in [-0.2, -0.15) is 9.78 Å². The SMILES string of the molecule is Cc1c(CN(C)C(=O)CCn2nc([N+](=O)[O-])cc2C)cnn1C. The molecule has 0 spiro atoms. The minimum absolute atomic E-state index is 0.0502. The first kappa shape index (κ1) is 16.7. The van der Waals surface area contributed by atoms with E-state index >= 15 is 0 Å². The Morgan fingerprint density at radius 2 is 2.13 bits per heavy atom. The van der Waals surface area contributed by atoms with Gasteiger partial charge in [-0.25, -0.2) is 0 Å². The van der Waals surface area contributed by atoms with Crippen LogP contribution in [0.25, 0.3) is 0 Å². The van der Waals surface area contributed by atoms with Crippen molar-refractivity contribution < 1.29 is 9.72 Å². The summed E-state index contributed by atoms with van der Waals surface area (Å²) in [6, 6.07) is 1.40. The fourth-order valence-electron chi connectivity index (χ4n) is 2.24. The average molecular weight is 320 g/mol. The van der Waals surface area contributed by atoms with E-state index in [9.17, 15) is 14.9 Å². The maximum absolute atomic E-state index is 12.2. The zero-order chi connectivity index (χ0) is 17.1. The highest BCUT2D eigenvalue weighted by atomic mass is 16.6. The first-order valence-corrected chi connectivity index (χ1v) is 7.20. The van der Waals surface area contributed by atoms with Gasteiger partial charge in [-0.1, -0.05) is 0 Å². The molecule has 9 nitrogen and oxygen atoms in total. The van der Waals surface area contributed by atoms with E-state index in [1.165, 1.54) is 10.7 Å². The molecule has 0 fully saturated rings. The quantitative estimate of drug-likeness (QED) is 0.588. The Kier molecular flexibility index (Phi) is 4.77. The predicted molar refractivity (Wildman–Crippen MR) is 82.7 cm³/mol. The maximum Gasteiger partial charge on any atom is 0.390 e. The molecule has 0 unspecified atom stereocenters. The Labute approximate surface area is 133 Å². The van der Waals surface area contributed by atoms with Crippen molar-refractivity contribution in [3.63, 3.8) is 0 Å². The molecule has 0 aliphatic carbocycles. The molecule has 0 saturated heterocycles. The van der Waals surface area contributed by atoms with Crippen LogP contribution in [0.1, 0.15) is 23.4 Å². The molecule has 2 aromatic rings. The molecular weight excluding hydrogens is 300 g/mol. The van der Waals surface area contributed by atoms with Crippen LogP contribution in [0.2, 0.25) is 0 Å². The molecule has 2 heterocycles. The number of hydrogen-bond donors (Lipinski definition) is 0. The number of aryl methyl sites for hydroxylation is 3. The zero-order valence-electron chi connectivity index (χ0n) is 13.7. The lowest BCUT2D eigenvalue weighted by Gasteiger charge is -2.16. The topological polar surface area (TPSA) is 99.1 Å². The largest absolute Gasteiger partial charge is 0.390 e. The summed E-state index contributed by atoms with van der Waals surface area (Å²) in [5.74, 6) is -0.250. The molecule has 1 amide bonds. The molecule has 0 aliphatic heterocycles. The number of carbonyl (C=O) groups excluding carboxylic acids is 1. The number of amides is 1. The van der Waals surface area contributed by atoms with Crippen molar-refractivity contribution in [2.45, 2.75) is 33.4 Å². The van der Waals surface area contributed by atoms with Gasteiger partial charge in [-0.05, 0) is 18.8 Å². The summed E-state index contributed by atoms with van der Waals surface area (Å²) in [5, 5.41) is 18.7. The standard InChI is InChI=1S/C14H20N6O3/c1-10-7-13(20(22)23)16-19(10)6-5-14(21)17(3)9-12-8-15-18(4)11(12)2/h7-8H,5-6,9H2,1-4H3. The number of hydrogen-bond acceptors (Lipinski definition) is 5. The number of nitro groups is 1. The highest BCUT2D eigenvalue weighted by Crippen LogP contribution is 2.12. The third-order valence-corrected chi connectivity index (χ3v) is 3.86. The summed E-state index contributed by atoms with van der Waals surface area (Å²) in [6.45, 7) is 4.48. The number of nitrogens with zero attached hydrogens (tertiary/aromatic N) is 6. The first-order chi connectivity index (χ1) is 10.8. The Morgan fingerprint density at radius 1 is 1.43 bits per heavy atom. The lowest BCUT2D eigenvalue weighted by atomic mass is 10.2. The van der Waals surface area contributed by atoms with Gasteiger partial charge in [0.2, 0.25) is 5.91 Å². The highest BCUT2D eigenvalue weighted by molar-refractivity contribution is 5.75. The maximum atomic E-state index is 12.2. The first-order valence-electron chi connectivity index (χ1n) is 7.20. The molecule has 0 aromatic carbocycles. The second-order valence-corrected chi connectivity index (χ2v) is 5.50. The smallest absolute Gasteiger partial charge is 0.358 e. The van der Waals surface area contributed by atoms with Gasteiger partial charge in [-0.3, -0.25) is 9.48 Å². The fourth-order valence-corrected chi connectivity index (χ4v) is 2.24. The summed E-state index contributed by atoms with van der Waals surface area (Å²) >= 11 is 0. The second-order valence-electron chi connectivity index (χ2n) is 5.50. The lowest BCUT2D eigenvalue weighted by Crippen LogP contribution is -2.27. The summed E-state index contributed by atoms with van der Waals surface area (Å²) in [4.78, 5) is 24.0. The molecule has 9 heteroatoms. The van der Waals surface area contributed by atoms with Crippen LogP contribution in [-0.2, 0) is 24.9 Å². The third-order valence-electron chi connectivity index (χ3n) is 3.86. The molecule has 2 rings (SSSR count). The van der Waals surface area contributed by atoms with E-state index in [1.54, 1.807) is 29.7 Å². The van der Waals surface area contributed by atoms with Gasteiger partial charge in [0.05, 0.1) is 29.6 Å². The van der Waals surface area contributed by atoms with E-state index in [0.29, 0.717) is 18.8 Å². The molecule has 124 valence electrons. The van der Waals surface area contributed by atoms with Crippen molar-refractivity contribution in [2.24, 2.45) is 7.05 Å². The second kappa shape index (κ2) is 6.59. The van der Waals surface area contributed by atoms with Gasteiger partial charge in [0.1, 0.15) is 0 Å². The van der Waals surface area contributed by atoms with Crippen molar-refractivity contribution in [3.05, 3.63) is 39.3 Å². The highest BCUT2D eigenvalue weighted by Gasteiger charge is 2.17. The van der Waals surface area contributed by atoms with E-state index in [2.05, 4.69) is 10.2 Å². The summed E-state index contributed by atoms with van der Waals surface area (Å²) in [6.07, 6.45) is 1.98. The Bertz CT molecular complexity index is 733. The van der Waals surface area contributed by atoms with Crippen molar-refractivity contribution in [1.82, 2.24) is 24.5 Å². The monoisotopic (exact) mass is 320 g/mol. The van der Waals surface area contributed by atoms with E-state index in [0.717, 1.165) is 11.3 Å². The molecule has 0 atom stereocenters. The van der Waals surface area contributed by atoms with Gasteiger partial charge in [0.25, 0.3) is 0 Å². The third kappa shape index (κ3) is 3.74. The normalized spacial score (nSPS) is 10.8. The van der Waals surface area contributed by atoms with Crippen LogP contribution in [0, 0.1) is 24.0 Å². The van der Waals surface area contributed by atoms with Gasteiger partial charge in [0.15, 0.2) is 0 Å². The molecule has 0 N–H and O–H groups in total. The molecule has 2 aromatic heterocycles. The number of aromatic nitrogens is 4. The van der Waals surface area contributed by atoms with Gasteiger partial charge < -0.3 is 15.0 Å². The molecule has 23 heavy (non-hydrogen) atoms. The summed E-state index contributed by atoms with van der Waals surface area (Å²) in [5.41, 5.74) is 2.67. The van der Waals surface area contributed by atoms with Crippen LogP contribution < -0.4 is 0 Å². The van der Waals surface area contributed by atoms with Crippen molar-refractivity contribution >= 4 is 11.7 Å². The van der Waals surface area contributed by atoms with E-state index in [1.807, 2.05) is 14.0 Å². The van der Waals surface area contributed by atoms with Crippen LogP contribution in [0.5, 0.6) is 0 Å². The van der Waals surface area contributed by atoms with Crippen LogP contribution in [0.4, 0.5) is 5.82 Å². The predicted octanol–water partition coefficient (Wildman–Crippen LogP) is 1.19. The molecule has 0 aliphatic rings. The number of carbonyl (C=O) groups is 1. The lowest BCUT2D eigenvalue weighted by molar-refractivity contribution is -0.389. The zero-order valence-corrected chi connectivity index (χ0v) is 13.7. The minimum Gasteiger partial charge on any atom is -0.358 e. The summed E-state index contributed by atoms with van der Waals surface area (Å²) < 4.78 is 3.25. The van der Waals surface area contributed by atoms with E-state index < -0.39 is 4.92 Å². The van der Waals surface area contributed by atoms with Gasteiger partial charge >= 0.3 is 5.82 Å². The van der Waals surface area contributed by atoms with Crippen LogP contribution in [0.15, 0.2) is 12.3 Å². The van der Waals surface area contributed by atoms with Crippen molar-refractivity contribution in [2.75, 3.05) is 7.05 Å². The average Bonchev–Trinajstić information content (AvgIpc) is 3.02. The minimum atomic E-state index is -0.539. The molecule has 0 saturated carbocycles. The molecule has 0 bridgehead atoms. The van der Waals surface area contributed by atoms with Crippen molar-refractivity contribution in [3.8, 4) is 0 Å². The van der Waals surface area contributed by atoms with Gasteiger partial charge in [-0.15, -0.1) is 0 Å². The Balaban J connectivity index is 1.94. The van der Waals surface area contributed by atoms with Crippen LogP contribution in [0.3, 0.4) is 0 Å². The summed E-state index contributed by atoms with van der Waals surface area (Å²) in [7, 11) is 3.58. The van der Waals surface area contributed by atoms with E-state index in [-0.39, 0.29) is 18.1 Å². The number of rotatable bonds is 6. The fraction of sp³-hybridized carbons (Fsp3) is 0.500. The van der Waals surface area contributed by atoms with E-state index in [4.69, 9.17) is 0 Å². The molecule has 0 radical (unpaired) electrons. The van der Waals surface area contributed by atoms with Crippen molar-refractivity contribution in [1.29, 1.82) is 0 Å².